The molecule has 0 spiro atoms. The average molecular weight is 218 g/mol. The molecule has 0 aliphatic rings. The highest BCUT2D eigenvalue weighted by atomic mass is 19.4. The van der Waals surface area contributed by atoms with Crippen LogP contribution in [0.4, 0.5) is 13.2 Å². The molecule has 15 heavy (non-hydrogen) atoms. The van der Waals surface area contributed by atoms with Crippen LogP contribution in [0.3, 0.4) is 0 Å². The van der Waals surface area contributed by atoms with Crippen LogP contribution in [-0.2, 0) is 0 Å². The van der Waals surface area contributed by atoms with Gasteiger partial charge in [0.1, 0.15) is 0 Å². The number of rotatable bonds is 2. The van der Waals surface area contributed by atoms with Gasteiger partial charge in [0, 0.05) is 11.6 Å². The highest BCUT2D eigenvalue weighted by Crippen LogP contribution is 2.19. The zero-order valence-corrected chi connectivity index (χ0v) is 8.17. The zero-order valence-electron chi connectivity index (χ0n) is 8.17. The molecule has 1 aromatic rings. The van der Waals surface area contributed by atoms with E-state index in [4.69, 9.17) is 4.74 Å². The van der Waals surface area contributed by atoms with Crippen molar-refractivity contribution in [3.05, 3.63) is 23.4 Å². The van der Waals surface area contributed by atoms with Crippen molar-refractivity contribution in [2.75, 3.05) is 7.11 Å². The van der Waals surface area contributed by atoms with Crippen LogP contribution in [0, 0.1) is 6.92 Å². The molecule has 0 aliphatic heterocycles. The van der Waals surface area contributed by atoms with Crippen molar-refractivity contribution in [1.82, 2.24) is 10.2 Å². The third-order valence-corrected chi connectivity index (χ3v) is 1.59. The van der Waals surface area contributed by atoms with Gasteiger partial charge in [-0.15, -0.1) is 10.2 Å². The second kappa shape index (κ2) is 4.29. The Labute approximate surface area is 84.6 Å². The first-order valence-corrected chi connectivity index (χ1v) is 4.06. The number of methoxy groups -OCH3 is 1. The first-order valence-electron chi connectivity index (χ1n) is 4.06. The molecule has 0 radical (unpaired) electrons. The van der Waals surface area contributed by atoms with E-state index < -0.39 is 6.18 Å². The summed E-state index contributed by atoms with van der Waals surface area (Å²) in [5, 5.41) is 7.16. The summed E-state index contributed by atoms with van der Waals surface area (Å²) in [5.41, 5.74) is 0.778. The Balaban J connectivity index is 2.89. The molecule has 0 atom stereocenters. The van der Waals surface area contributed by atoms with Crippen molar-refractivity contribution in [3.8, 4) is 5.88 Å². The molecule has 1 heterocycles. The van der Waals surface area contributed by atoms with Gasteiger partial charge in [-0.05, 0) is 19.1 Å². The van der Waals surface area contributed by atoms with Gasteiger partial charge in [0.05, 0.1) is 12.8 Å². The molecule has 0 aliphatic carbocycles. The van der Waals surface area contributed by atoms with Gasteiger partial charge in [-0.1, -0.05) is 0 Å². The minimum Gasteiger partial charge on any atom is -0.480 e. The van der Waals surface area contributed by atoms with Gasteiger partial charge in [0.2, 0.25) is 5.88 Å². The largest absolute Gasteiger partial charge is 0.480 e. The zero-order chi connectivity index (χ0) is 11.5. The maximum Gasteiger partial charge on any atom is 0.409 e. The summed E-state index contributed by atoms with van der Waals surface area (Å²) in [4.78, 5) is 0. The fraction of sp³-hybridized carbons (Fsp3) is 0.333. The van der Waals surface area contributed by atoms with Crippen molar-refractivity contribution in [1.29, 1.82) is 0 Å². The second-order valence-corrected chi connectivity index (χ2v) is 2.84. The van der Waals surface area contributed by atoms with Gasteiger partial charge < -0.3 is 4.74 Å². The smallest absolute Gasteiger partial charge is 0.409 e. The van der Waals surface area contributed by atoms with E-state index in [0.717, 1.165) is 6.08 Å². The average Bonchev–Trinajstić information content (AvgIpc) is 2.14. The molecule has 0 saturated heterocycles. The van der Waals surface area contributed by atoms with Crippen LogP contribution in [0.2, 0.25) is 0 Å². The second-order valence-electron chi connectivity index (χ2n) is 2.84. The van der Waals surface area contributed by atoms with E-state index in [1.807, 2.05) is 0 Å². The topological polar surface area (TPSA) is 35.0 Å². The molecular weight excluding hydrogens is 209 g/mol. The standard InChI is InChI=1S/C9H9F3N2O/c1-6-5-7(3-4-9(10,11)12)13-14-8(6)15-2/h3-5H,1-2H3/b4-3+. The van der Waals surface area contributed by atoms with Gasteiger partial charge in [0.25, 0.3) is 0 Å². The Morgan fingerprint density at radius 2 is 2.00 bits per heavy atom. The van der Waals surface area contributed by atoms with Gasteiger partial charge in [-0.3, -0.25) is 0 Å². The molecule has 0 aromatic carbocycles. The third kappa shape index (κ3) is 3.57. The monoisotopic (exact) mass is 218 g/mol. The van der Waals surface area contributed by atoms with Crippen molar-refractivity contribution < 1.29 is 17.9 Å². The summed E-state index contributed by atoms with van der Waals surface area (Å²) < 4.78 is 40.3. The quantitative estimate of drug-likeness (QED) is 0.764. The van der Waals surface area contributed by atoms with Crippen LogP contribution in [0.25, 0.3) is 6.08 Å². The maximum atomic E-state index is 11.8. The van der Waals surface area contributed by atoms with Crippen LogP contribution >= 0.6 is 0 Å². The molecular formula is C9H9F3N2O. The van der Waals surface area contributed by atoms with E-state index in [0.29, 0.717) is 11.4 Å². The summed E-state index contributed by atoms with van der Waals surface area (Å²) in [6.07, 6.45) is -3.36. The van der Waals surface area contributed by atoms with Crippen molar-refractivity contribution >= 4 is 6.08 Å². The Bertz CT molecular complexity index is 374. The van der Waals surface area contributed by atoms with Gasteiger partial charge in [-0.2, -0.15) is 13.2 Å². The van der Waals surface area contributed by atoms with Crippen molar-refractivity contribution in [3.63, 3.8) is 0 Å². The molecule has 0 bridgehead atoms. The first-order chi connectivity index (χ1) is 6.92. The number of aromatic nitrogens is 2. The molecule has 0 fully saturated rings. The molecule has 0 amide bonds. The summed E-state index contributed by atoms with van der Waals surface area (Å²) in [6, 6.07) is 1.47. The van der Waals surface area contributed by atoms with E-state index in [1.165, 1.54) is 13.2 Å². The molecule has 6 heteroatoms. The van der Waals surface area contributed by atoms with Crippen LogP contribution < -0.4 is 4.74 Å². The molecule has 0 N–H and O–H groups in total. The summed E-state index contributed by atoms with van der Waals surface area (Å²) >= 11 is 0. The van der Waals surface area contributed by atoms with Crippen LogP contribution in [-0.4, -0.2) is 23.5 Å². The van der Waals surface area contributed by atoms with Crippen LogP contribution in [0.15, 0.2) is 12.1 Å². The minimum absolute atomic E-state index is 0.114. The number of allylic oxidation sites excluding steroid dienone is 1. The van der Waals surface area contributed by atoms with Gasteiger partial charge in [0.15, 0.2) is 0 Å². The first kappa shape index (κ1) is 11.5. The van der Waals surface area contributed by atoms with Gasteiger partial charge in [-0.25, -0.2) is 0 Å². The number of hydrogen-bond acceptors (Lipinski definition) is 3. The minimum atomic E-state index is -4.34. The predicted octanol–water partition coefficient (Wildman–Crippen LogP) is 2.37. The normalized spacial score (nSPS) is 12.1. The lowest BCUT2D eigenvalue weighted by atomic mass is 10.2. The maximum absolute atomic E-state index is 11.8. The summed E-state index contributed by atoms with van der Waals surface area (Å²) in [6.45, 7) is 1.68. The fourth-order valence-corrected chi connectivity index (χ4v) is 0.958. The van der Waals surface area contributed by atoms with Crippen LogP contribution in [0.1, 0.15) is 11.3 Å². The lowest BCUT2D eigenvalue weighted by molar-refractivity contribution is -0.0790. The summed E-state index contributed by atoms with van der Waals surface area (Å²) in [7, 11) is 1.42. The summed E-state index contributed by atoms with van der Waals surface area (Å²) in [5.74, 6) is 0.305. The molecule has 0 unspecified atom stereocenters. The lowest BCUT2D eigenvalue weighted by Gasteiger charge is -2.02. The van der Waals surface area contributed by atoms with E-state index in [9.17, 15) is 13.2 Å². The molecule has 3 nitrogen and oxygen atoms in total. The van der Waals surface area contributed by atoms with Crippen molar-refractivity contribution in [2.45, 2.75) is 13.1 Å². The number of alkyl halides is 3. The Hall–Kier alpha value is -1.59. The Morgan fingerprint density at radius 3 is 2.47 bits per heavy atom. The van der Waals surface area contributed by atoms with Crippen molar-refractivity contribution in [2.24, 2.45) is 0 Å². The highest BCUT2D eigenvalue weighted by Gasteiger charge is 2.21. The highest BCUT2D eigenvalue weighted by molar-refractivity contribution is 5.46. The molecule has 1 rings (SSSR count). The molecule has 82 valence electrons. The number of halogens is 3. The lowest BCUT2D eigenvalue weighted by Crippen LogP contribution is -2.01. The van der Waals surface area contributed by atoms with E-state index in [-0.39, 0.29) is 11.8 Å². The Morgan fingerprint density at radius 1 is 1.33 bits per heavy atom. The molecule has 1 aromatic heterocycles. The van der Waals surface area contributed by atoms with E-state index in [1.54, 1.807) is 6.92 Å². The number of aryl methyl sites for hydroxylation is 1. The van der Waals surface area contributed by atoms with E-state index >= 15 is 0 Å². The number of ether oxygens (including phenoxy) is 1. The SMILES string of the molecule is COc1nnc(/C=C/C(F)(F)F)cc1C. The predicted molar refractivity (Wildman–Crippen MR) is 48.4 cm³/mol. The van der Waals surface area contributed by atoms with Gasteiger partial charge >= 0.3 is 6.18 Å². The number of hydrogen-bond donors (Lipinski definition) is 0. The third-order valence-electron chi connectivity index (χ3n) is 1.59. The molecule has 0 saturated carbocycles. The van der Waals surface area contributed by atoms with Crippen LogP contribution in [0.5, 0.6) is 5.88 Å². The number of nitrogens with zero attached hydrogens (tertiary/aromatic N) is 2. The Kier molecular flexibility index (Phi) is 3.28. The van der Waals surface area contributed by atoms with E-state index in [2.05, 4.69) is 10.2 Å². The fourth-order valence-electron chi connectivity index (χ4n) is 0.958.